The number of aromatic nitrogens is 2. The van der Waals surface area contributed by atoms with Crippen LogP contribution in [0.5, 0.6) is 5.88 Å². The molecule has 78 valence electrons. The molecule has 0 aliphatic carbocycles. The molecule has 5 nitrogen and oxygen atoms in total. The molecule has 0 unspecified atom stereocenters. The number of hydroxylamine groups is 2. The van der Waals surface area contributed by atoms with Gasteiger partial charge in [-0.2, -0.15) is 10.0 Å². The summed E-state index contributed by atoms with van der Waals surface area (Å²) in [6, 6.07) is 0. The fourth-order valence-corrected chi connectivity index (χ4v) is 1.23. The van der Waals surface area contributed by atoms with Gasteiger partial charge in [0.2, 0.25) is 5.88 Å². The quantitative estimate of drug-likeness (QED) is 0.730. The molecule has 0 saturated carbocycles. The summed E-state index contributed by atoms with van der Waals surface area (Å²) < 4.78 is 5.10. The normalized spacial score (nSPS) is 10.7. The van der Waals surface area contributed by atoms with Crippen molar-refractivity contribution in [3.05, 3.63) is 17.1 Å². The highest BCUT2D eigenvalue weighted by Gasteiger charge is 2.10. The van der Waals surface area contributed by atoms with Crippen LogP contribution < -0.4 is 4.74 Å². The second-order valence-electron chi connectivity index (χ2n) is 3.17. The summed E-state index contributed by atoms with van der Waals surface area (Å²) in [7, 11) is 3.14. The van der Waals surface area contributed by atoms with Gasteiger partial charge in [0, 0.05) is 12.6 Å². The zero-order valence-electron chi connectivity index (χ0n) is 8.90. The molecule has 5 heteroatoms. The van der Waals surface area contributed by atoms with Crippen molar-refractivity contribution in [1.82, 2.24) is 15.0 Å². The molecule has 1 aromatic rings. The predicted octanol–water partition coefficient (Wildman–Crippen LogP) is 0.923. The van der Waals surface area contributed by atoms with Gasteiger partial charge in [-0.05, 0) is 13.8 Å². The molecule has 0 fully saturated rings. The van der Waals surface area contributed by atoms with Crippen LogP contribution in [0.15, 0.2) is 0 Å². The van der Waals surface area contributed by atoms with Gasteiger partial charge in [-0.1, -0.05) is 0 Å². The van der Waals surface area contributed by atoms with Crippen molar-refractivity contribution in [1.29, 1.82) is 0 Å². The molecule has 0 spiro atoms. The Kier molecular flexibility index (Phi) is 3.38. The number of hydrogen-bond acceptors (Lipinski definition) is 5. The standard InChI is InChI=1S/C9H15N3O2/c1-6-8(5-12(3)13)10-7(2)11-9(6)14-4/h13H,5H2,1-4H3. The zero-order valence-corrected chi connectivity index (χ0v) is 8.90. The maximum atomic E-state index is 9.12. The summed E-state index contributed by atoms with van der Waals surface area (Å²) in [5.41, 5.74) is 1.64. The minimum atomic E-state index is 0.367. The van der Waals surface area contributed by atoms with Crippen LogP contribution >= 0.6 is 0 Å². The van der Waals surface area contributed by atoms with Crippen LogP contribution in [0.4, 0.5) is 0 Å². The number of nitrogens with zero attached hydrogens (tertiary/aromatic N) is 3. The van der Waals surface area contributed by atoms with Crippen LogP contribution in [0, 0.1) is 13.8 Å². The van der Waals surface area contributed by atoms with E-state index >= 15 is 0 Å². The van der Waals surface area contributed by atoms with Gasteiger partial charge in [0.25, 0.3) is 0 Å². The van der Waals surface area contributed by atoms with Crippen molar-refractivity contribution < 1.29 is 9.94 Å². The summed E-state index contributed by atoms with van der Waals surface area (Å²) in [5.74, 6) is 1.21. The molecule has 0 aromatic carbocycles. The third-order valence-electron chi connectivity index (χ3n) is 1.89. The van der Waals surface area contributed by atoms with Gasteiger partial charge in [-0.3, -0.25) is 0 Å². The topological polar surface area (TPSA) is 58.5 Å². The largest absolute Gasteiger partial charge is 0.481 e. The minimum Gasteiger partial charge on any atom is -0.481 e. The smallest absolute Gasteiger partial charge is 0.219 e. The highest BCUT2D eigenvalue weighted by atomic mass is 16.5. The first kappa shape index (κ1) is 10.9. The Morgan fingerprint density at radius 1 is 1.36 bits per heavy atom. The van der Waals surface area contributed by atoms with Crippen LogP contribution in [-0.4, -0.2) is 34.4 Å². The maximum absolute atomic E-state index is 9.12. The number of aryl methyl sites for hydroxylation is 1. The Balaban J connectivity index is 3.08. The van der Waals surface area contributed by atoms with E-state index in [-0.39, 0.29) is 0 Å². The Hall–Kier alpha value is -1.20. The monoisotopic (exact) mass is 197 g/mol. The van der Waals surface area contributed by atoms with E-state index in [2.05, 4.69) is 9.97 Å². The Labute approximate surface area is 83.3 Å². The van der Waals surface area contributed by atoms with Gasteiger partial charge in [0.05, 0.1) is 19.3 Å². The second-order valence-corrected chi connectivity index (χ2v) is 3.17. The minimum absolute atomic E-state index is 0.367. The van der Waals surface area contributed by atoms with E-state index in [9.17, 15) is 0 Å². The predicted molar refractivity (Wildman–Crippen MR) is 51.3 cm³/mol. The van der Waals surface area contributed by atoms with E-state index < -0.39 is 0 Å². The highest BCUT2D eigenvalue weighted by molar-refractivity contribution is 5.29. The average Bonchev–Trinajstić information content (AvgIpc) is 2.09. The third-order valence-corrected chi connectivity index (χ3v) is 1.89. The Morgan fingerprint density at radius 3 is 2.50 bits per heavy atom. The summed E-state index contributed by atoms with van der Waals surface area (Å²) >= 11 is 0. The molecule has 0 amide bonds. The van der Waals surface area contributed by atoms with E-state index in [1.54, 1.807) is 21.1 Å². The van der Waals surface area contributed by atoms with Crippen LogP contribution in [-0.2, 0) is 6.54 Å². The first-order valence-electron chi connectivity index (χ1n) is 4.32. The van der Waals surface area contributed by atoms with Crippen molar-refractivity contribution in [2.75, 3.05) is 14.2 Å². The third kappa shape index (κ3) is 2.40. The molecule has 1 aromatic heterocycles. The molecule has 1 rings (SSSR count). The maximum Gasteiger partial charge on any atom is 0.219 e. The van der Waals surface area contributed by atoms with Crippen LogP contribution in [0.2, 0.25) is 0 Å². The number of methoxy groups -OCH3 is 1. The van der Waals surface area contributed by atoms with Crippen molar-refractivity contribution >= 4 is 0 Å². The van der Waals surface area contributed by atoms with Crippen LogP contribution in [0.1, 0.15) is 17.1 Å². The molecule has 1 heterocycles. The lowest BCUT2D eigenvalue weighted by Crippen LogP contribution is -2.15. The van der Waals surface area contributed by atoms with E-state index in [1.165, 1.54) is 0 Å². The molecule has 0 aliphatic rings. The zero-order chi connectivity index (χ0) is 10.7. The van der Waals surface area contributed by atoms with Crippen LogP contribution in [0.25, 0.3) is 0 Å². The van der Waals surface area contributed by atoms with Gasteiger partial charge < -0.3 is 9.94 Å². The van der Waals surface area contributed by atoms with E-state index in [0.29, 0.717) is 18.2 Å². The van der Waals surface area contributed by atoms with Crippen LogP contribution in [0.3, 0.4) is 0 Å². The van der Waals surface area contributed by atoms with E-state index in [1.807, 2.05) is 6.92 Å². The highest BCUT2D eigenvalue weighted by Crippen LogP contribution is 2.17. The fourth-order valence-electron chi connectivity index (χ4n) is 1.23. The van der Waals surface area contributed by atoms with Crippen molar-refractivity contribution in [3.8, 4) is 5.88 Å². The Bertz CT molecular complexity index is 326. The average molecular weight is 197 g/mol. The number of ether oxygens (including phenoxy) is 1. The summed E-state index contributed by atoms with van der Waals surface area (Å²) in [6.45, 7) is 4.03. The van der Waals surface area contributed by atoms with Crippen molar-refractivity contribution in [2.45, 2.75) is 20.4 Å². The fraction of sp³-hybridized carbons (Fsp3) is 0.556. The molecule has 1 N–H and O–H groups in total. The lowest BCUT2D eigenvalue weighted by atomic mass is 10.2. The number of hydrogen-bond donors (Lipinski definition) is 1. The van der Waals surface area contributed by atoms with E-state index in [0.717, 1.165) is 16.3 Å². The molecule has 14 heavy (non-hydrogen) atoms. The summed E-state index contributed by atoms with van der Waals surface area (Å²) in [6.07, 6.45) is 0. The van der Waals surface area contributed by atoms with Gasteiger partial charge in [-0.15, -0.1) is 0 Å². The van der Waals surface area contributed by atoms with Crippen molar-refractivity contribution in [3.63, 3.8) is 0 Å². The SMILES string of the molecule is COc1nc(C)nc(CN(C)O)c1C. The molecule has 0 aliphatic heterocycles. The molecular formula is C9H15N3O2. The van der Waals surface area contributed by atoms with Gasteiger partial charge in [-0.25, -0.2) is 4.98 Å². The van der Waals surface area contributed by atoms with E-state index in [4.69, 9.17) is 9.94 Å². The van der Waals surface area contributed by atoms with Gasteiger partial charge in [0.1, 0.15) is 5.82 Å². The molecule has 0 radical (unpaired) electrons. The lowest BCUT2D eigenvalue weighted by Gasteiger charge is -2.12. The number of rotatable bonds is 3. The summed E-state index contributed by atoms with van der Waals surface area (Å²) in [5, 5.41) is 10.2. The van der Waals surface area contributed by atoms with Crippen molar-refractivity contribution in [2.24, 2.45) is 0 Å². The second kappa shape index (κ2) is 4.34. The first-order valence-corrected chi connectivity index (χ1v) is 4.32. The molecular weight excluding hydrogens is 182 g/mol. The van der Waals surface area contributed by atoms with Gasteiger partial charge in [0.15, 0.2) is 0 Å². The molecule has 0 bridgehead atoms. The lowest BCUT2D eigenvalue weighted by molar-refractivity contribution is -0.0742. The summed E-state index contributed by atoms with van der Waals surface area (Å²) in [4.78, 5) is 8.35. The Morgan fingerprint density at radius 2 is 2.00 bits per heavy atom. The van der Waals surface area contributed by atoms with Gasteiger partial charge >= 0.3 is 0 Å². The molecule has 0 atom stereocenters. The molecule has 0 saturated heterocycles. The first-order chi connectivity index (χ1) is 6.54.